The summed E-state index contributed by atoms with van der Waals surface area (Å²) >= 11 is 3.74. The summed E-state index contributed by atoms with van der Waals surface area (Å²) in [6.45, 7) is 0. The van der Waals surface area contributed by atoms with Crippen molar-refractivity contribution in [2.45, 2.75) is 0 Å². The normalized spacial score (nSPS) is 11.9. The molecule has 10 aromatic rings. The van der Waals surface area contributed by atoms with Gasteiger partial charge in [-0.2, -0.15) is 0 Å². The molecule has 0 radical (unpaired) electrons. The molecule has 6 heteroatoms. The van der Waals surface area contributed by atoms with Crippen molar-refractivity contribution < 1.29 is 8.83 Å². The Morgan fingerprint density at radius 3 is 1.30 bits per heavy atom. The Morgan fingerprint density at radius 2 is 0.826 bits per heavy atom. The molecule has 0 aliphatic rings. The van der Waals surface area contributed by atoms with E-state index in [9.17, 15) is 0 Å². The summed E-state index contributed by atoms with van der Waals surface area (Å²) in [6, 6.07) is 46.3. The number of benzene rings is 6. The molecule has 0 unspecified atom stereocenters. The lowest BCUT2D eigenvalue weighted by Gasteiger charge is -2.05. The average molecular weight is 627 g/mol. The summed E-state index contributed by atoms with van der Waals surface area (Å²) in [5.74, 6) is 1.29. The Balaban J connectivity index is 1.00. The Hall–Kier alpha value is -5.56. The van der Waals surface area contributed by atoms with Crippen LogP contribution in [0.15, 0.2) is 142 Å². The van der Waals surface area contributed by atoms with Crippen LogP contribution in [-0.2, 0) is 0 Å². The number of hydrogen-bond acceptors (Lipinski definition) is 6. The molecule has 0 aliphatic heterocycles. The van der Waals surface area contributed by atoms with Crippen LogP contribution in [0.25, 0.3) is 96.9 Å². The topological polar surface area (TPSA) is 52.1 Å². The fourth-order valence-electron chi connectivity index (χ4n) is 6.27. The molecule has 4 nitrogen and oxygen atoms in total. The first-order valence-electron chi connectivity index (χ1n) is 15.1. The van der Waals surface area contributed by atoms with Crippen LogP contribution in [0.1, 0.15) is 0 Å². The third kappa shape index (κ3) is 4.11. The van der Waals surface area contributed by atoms with Crippen LogP contribution >= 0.6 is 22.7 Å². The first kappa shape index (κ1) is 25.7. The summed E-state index contributed by atoms with van der Waals surface area (Å²) in [7, 11) is 0. The van der Waals surface area contributed by atoms with E-state index in [0.29, 0.717) is 11.8 Å². The molecule has 0 spiro atoms. The number of thiophene rings is 2. The van der Waals surface area contributed by atoms with E-state index in [1.807, 2.05) is 71.2 Å². The third-order valence-electron chi connectivity index (χ3n) is 8.56. The number of oxazole rings is 2. The van der Waals surface area contributed by atoms with Crippen molar-refractivity contribution >= 4 is 74.4 Å². The van der Waals surface area contributed by atoms with Crippen LogP contribution in [0.2, 0.25) is 0 Å². The SMILES string of the molecule is c1cc(-c2ccc3c(c2)sc2c4ccc(-c5cccc(-c6nc7ccccc7o6)c5)cc4sc32)cc(-c2nc3ccccc3o2)c1. The second-order valence-corrected chi connectivity index (χ2v) is 13.5. The Bertz CT molecular complexity index is 2520. The Morgan fingerprint density at radius 1 is 0.391 bits per heavy atom. The van der Waals surface area contributed by atoms with Gasteiger partial charge in [0, 0.05) is 31.3 Å². The molecule has 0 saturated heterocycles. The Labute approximate surface area is 270 Å². The van der Waals surface area contributed by atoms with Crippen molar-refractivity contribution in [3.05, 3.63) is 133 Å². The second-order valence-electron chi connectivity index (χ2n) is 11.4. The van der Waals surface area contributed by atoms with Gasteiger partial charge in [0.1, 0.15) is 11.0 Å². The molecule has 216 valence electrons. The minimum absolute atomic E-state index is 0.643. The fourth-order valence-corrected chi connectivity index (χ4v) is 9.00. The van der Waals surface area contributed by atoms with Gasteiger partial charge in [-0.15, -0.1) is 22.7 Å². The van der Waals surface area contributed by atoms with E-state index >= 15 is 0 Å². The van der Waals surface area contributed by atoms with Crippen molar-refractivity contribution in [1.82, 2.24) is 9.97 Å². The van der Waals surface area contributed by atoms with E-state index in [1.54, 1.807) is 0 Å². The highest BCUT2D eigenvalue weighted by Crippen LogP contribution is 2.46. The standard InChI is InChI=1S/C40H22N2O2S2/c1-3-13-33-31(11-1)41-39(43-33)27-9-5-7-23(19-27)25-15-17-29-35(21-25)45-38-30-18-16-26(22-36(30)46-37(29)38)24-8-6-10-28(20-24)40-42-32-12-2-4-14-34(32)44-40/h1-22H. The van der Waals surface area contributed by atoms with Crippen molar-refractivity contribution in [1.29, 1.82) is 0 Å². The van der Waals surface area contributed by atoms with Gasteiger partial charge in [-0.05, 0) is 82.9 Å². The van der Waals surface area contributed by atoms with Crippen molar-refractivity contribution in [2.24, 2.45) is 0 Å². The third-order valence-corrected chi connectivity index (χ3v) is 11.1. The van der Waals surface area contributed by atoms with Gasteiger partial charge in [-0.25, -0.2) is 9.97 Å². The van der Waals surface area contributed by atoms with Crippen LogP contribution in [-0.4, -0.2) is 9.97 Å². The summed E-state index contributed by atoms with van der Waals surface area (Å²) < 4.78 is 17.4. The highest BCUT2D eigenvalue weighted by atomic mass is 32.1. The molecule has 6 aromatic carbocycles. The van der Waals surface area contributed by atoms with Gasteiger partial charge in [0.15, 0.2) is 11.2 Å². The molecular weight excluding hydrogens is 605 g/mol. The maximum Gasteiger partial charge on any atom is 0.227 e. The molecule has 4 heterocycles. The first-order chi connectivity index (χ1) is 22.7. The number of rotatable bonds is 4. The molecule has 46 heavy (non-hydrogen) atoms. The zero-order valence-corrected chi connectivity index (χ0v) is 25.9. The van der Waals surface area contributed by atoms with E-state index in [0.717, 1.165) is 44.5 Å². The van der Waals surface area contributed by atoms with Crippen LogP contribution in [0, 0.1) is 0 Å². The van der Waals surface area contributed by atoms with Crippen molar-refractivity contribution in [3.8, 4) is 45.2 Å². The van der Waals surface area contributed by atoms with Gasteiger partial charge in [0.2, 0.25) is 11.8 Å². The first-order valence-corrected chi connectivity index (χ1v) is 16.7. The lowest BCUT2D eigenvalue weighted by Crippen LogP contribution is -1.81. The van der Waals surface area contributed by atoms with E-state index in [-0.39, 0.29) is 0 Å². The monoisotopic (exact) mass is 626 g/mol. The molecule has 0 saturated carbocycles. The van der Waals surface area contributed by atoms with Gasteiger partial charge < -0.3 is 8.83 Å². The molecule has 0 atom stereocenters. The molecular formula is C40H22N2O2S2. The van der Waals surface area contributed by atoms with Crippen LogP contribution < -0.4 is 0 Å². The molecule has 0 amide bonds. The van der Waals surface area contributed by atoms with E-state index in [4.69, 9.17) is 18.8 Å². The average Bonchev–Trinajstić information content (AvgIpc) is 3.89. The summed E-state index contributed by atoms with van der Waals surface area (Å²) in [5.41, 5.74) is 9.96. The Kier molecular flexibility index (Phi) is 5.58. The highest BCUT2D eigenvalue weighted by Gasteiger charge is 2.16. The lowest BCUT2D eigenvalue weighted by atomic mass is 10.0. The minimum atomic E-state index is 0.643. The largest absolute Gasteiger partial charge is 0.436 e. The fraction of sp³-hybridized carbons (Fsp3) is 0. The van der Waals surface area contributed by atoms with Crippen molar-refractivity contribution in [3.63, 3.8) is 0 Å². The summed E-state index contributed by atoms with van der Waals surface area (Å²) in [5, 5.41) is 2.61. The molecule has 4 aromatic heterocycles. The predicted octanol–water partition coefficient (Wildman–Crippen LogP) is 12.2. The van der Waals surface area contributed by atoms with Crippen LogP contribution in [0.3, 0.4) is 0 Å². The number of fused-ring (bicyclic) bond motifs is 7. The van der Waals surface area contributed by atoms with Gasteiger partial charge >= 0.3 is 0 Å². The zero-order chi connectivity index (χ0) is 30.2. The molecule has 0 fully saturated rings. The predicted molar refractivity (Wildman–Crippen MR) is 192 cm³/mol. The van der Waals surface area contributed by atoms with Crippen LogP contribution in [0.5, 0.6) is 0 Å². The highest BCUT2D eigenvalue weighted by molar-refractivity contribution is 7.36. The van der Waals surface area contributed by atoms with Gasteiger partial charge in [0.25, 0.3) is 0 Å². The quantitative estimate of drug-likeness (QED) is 0.195. The van der Waals surface area contributed by atoms with E-state index < -0.39 is 0 Å². The molecule has 0 aliphatic carbocycles. The molecule has 0 N–H and O–H groups in total. The molecule has 0 bridgehead atoms. The lowest BCUT2D eigenvalue weighted by molar-refractivity contribution is 0.619. The number of para-hydroxylation sites is 4. The van der Waals surface area contributed by atoms with Gasteiger partial charge in [-0.3, -0.25) is 0 Å². The van der Waals surface area contributed by atoms with Crippen LogP contribution in [0.4, 0.5) is 0 Å². The summed E-state index contributed by atoms with van der Waals surface area (Å²) in [4.78, 5) is 9.40. The van der Waals surface area contributed by atoms with Crippen molar-refractivity contribution in [2.75, 3.05) is 0 Å². The maximum atomic E-state index is 6.04. The van der Waals surface area contributed by atoms with E-state index in [2.05, 4.69) is 84.9 Å². The zero-order valence-electron chi connectivity index (χ0n) is 24.2. The summed E-state index contributed by atoms with van der Waals surface area (Å²) in [6.07, 6.45) is 0. The van der Waals surface area contributed by atoms with Gasteiger partial charge in [-0.1, -0.05) is 72.8 Å². The second kappa shape index (κ2) is 9.97. The smallest absolute Gasteiger partial charge is 0.227 e. The van der Waals surface area contributed by atoms with Gasteiger partial charge in [0.05, 0.1) is 9.40 Å². The number of aromatic nitrogens is 2. The minimum Gasteiger partial charge on any atom is -0.436 e. The maximum absolute atomic E-state index is 6.04. The molecule has 10 rings (SSSR count). The van der Waals surface area contributed by atoms with E-state index in [1.165, 1.54) is 40.7 Å². The number of hydrogen-bond donors (Lipinski definition) is 0. The number of nitrogens with zero attached hydrogens (tertiary/aromatic N) is 2.